The van der Waals surface area contributed by atoms with Crippen LogP contribution in [0.1, 0.15) is 0 Å². The molecule has 2 N–H and O–H groups in total. The van der Waals surface area contributed by atoms with Crippen molar-refractivity contribution in [2.24, 2.45) is 0 Å². The van der Waals surface area contributed by atoms with Crippen molar-refractivity contribution in [2.45, 2.75) is 0 Å². The molecule has 0 amide bonds. The highest BCUT2D eigenvalue weighted by Crippen LogP contribution is 2.28. The van der Waals surface area contributed by atoms with Crippen LogP contribution in [0.5, 0.6) is 0 Å². The molecule has 6 nitrogen and oxygen atoms in total. The van der Waals surface area contributed by atoms with Crippen LogP contribution in [0.15, 0.2) is 77.7 Å². The molecular weight excluding hydrogens is 386 g/mol. The summed E-state index contributed by atoms with van der Waals surface area (Å²) < 4.78 is 0. The topological polar surface area (TPSA) is 64.3 Å². The number of pyridine rings is 2. The summed E-state index contributed by atoms with van der Waals surface area (Å²) in [5.74, 6) is 0.561. The number of anilines is 3. The van der Waals surface area contributed by atoms with E-state index in [1.807, 2.05) is 54.6 Å². The third kappa shape index (κ3) is 4.02. The maximum absolute atomic E-state index is 12.6. The Morgan fingerprint density at radius 2 is 1.68 bits per heavy atom. The van der Waals surface area contributed by atoms with Crippen molar-refractivity contribution in [1.29, 1.82) is 0 Å². The fraction of sp³-hybridized carbons (Fsp3) is 0.200. The highest BCUT2D eigenvalue weighted by atomic mass is 16.1. The maximum Gasteiger partial charge on any atom is 0.259 e. The second-order valence-electron chi connectivity index (χ2n) is 7.96. The summed E-state index contributed by atoms with van der Waals surface area (Å²) >= 11 is 0. The molecule has 0 radical (unpaired) electrons. The monoisotopic (exact) mass is 411 g/mol. The van der Waals surface area contributed by atoms with Crippen LogP contribution in [0.2, 0.25) is 0 Å². The number of benzene rings is 2. The quantitative estimate of drug-likeness (QED) is 0.530. The first-order valence-corrected chi connectivity index (χ1v) is 10.6. The van der Waals surface area contributed by atoms with Crippen molar-refractivity contribution in [1.82, 2.24) is 14.9 Å². The van der Waals surface area contributed by atoms with Crippen LogP contribution in [-0.2, 0) is 0 Å². The zero-order valence-electron chi connectivity index (χ0n) is 17.5. The molecule has 5 rings (SSSR count). The van der Waals surface area contributed by atoms with Gasteiger partial charge in [-0.1, -0.05) is 30.3 Å². The van der Waals surface area contributed by atoms with Gasteiger partial charge in [0.05, 0.1) is 11.1 Å². The molecule has 0 aliphatic carbocycles. The van der Waals surface area contributed by atoms with Crippen LogP contribution in [0, 0.1) is 0 Å². The third-order valence-electron chi connectivity index (χ3n) is 5.82. The van der Waals surface area contributed by atoms with Crippen LogP contribution in [0.25, 0.3) is 22.0 Å². The van der Waals surface area contributed by atoms with E-state index in [1.54, 1.807) is 6.20 Å². The summed E-state index contributed by atoms with van der Waals surface area (Å²) in [6.07, 6.45) is 1.67. The Balaban J connectivity index is 1.49. The highest BCUT2D eigenvalue weighted by molar-refractivity contribution is 5.95. The van der Waals surface area contributed by atoms with Gasteiger partial charge in [0.25, 0.3) is 5.56 Å². The van der Waals surface area contributed by atoms with Gasteiger partial charge < -0.3 is 20.1 Å². The lowest BCUT2D eigenvalue weighted by atomic mass is 10.1. The minimum absolute atomic E-state index is 0.152. The molecule has 4 aromatic rings. The largest absolute Gasteiger partial charge is 0.369 e. The van der Waals surface area contributed by atoms with Gasteiger partial charge in [0.1, 0.15) is 5.82 Å². The minimum atomic E-state index is -0.152. The summed E-state index contributed by atoms with van der Waals surface area (Å²) in [6, 6.07) is 22.2. The van der Waals surface area contributed by atoms with Crippen molar-refractivity contribution in [3.8, 4) is 11.3 Å². The number of piperazine rings is 1. The Bertz CT molecular complexity index is 1240. The first-order valence-electron chi connectivity index (χ1n) is 10.6. The molecule has 156 valence electrons. The van der Waals surface area contributed by atoms with Crippen molar-refractivity contribution >= 4 is 28.0 Å². The number of rotatable bonds is 4. The molecule has 1 aliphatic rings. The summed E-state index contributed by atoms with van der Waals surface area (Å²) in [7, 11) is 2.16. The number of aromatic amines is 1. The molecule has 31 heavy (non-hydrogen) atoms. The van der Waals surface area contributed by atoms with Crippen LogP contribution >= 0.6 is 0 Å². The fourth-order valence-corrected chi connectivity index (χ4v) is 4.02. The normalized spacial score (nSPS) is 14.7. The van der Waals surface area contributed by atoms with Gasteiger partial charge >= 0.3 is 0 Å². The molecule has 0 bridgehead atoms. The number of fused-ring (bicyclic) bond motifs is 1. The Hall–Kier alpha value is -3.64. The van der Waals surface area contributed by atoms with E-state index in [-0.39, 0.29) is 5.56 Å². The summed E-state index contributed by atoms with van der Waals surface area (Å²) in [5, 5.41) is 4.79. The predicted molar refractivity (Wildman–Crippen MR) is 127 cm³/mol. The summed E-state index contributed by atoms with van der Waals surface area (Å²) in [5.41, 5.74) is 3.81. The lowest BCUT2D eigenvalue weighted by Gasteiger charge is -2.34. The number of hydrogen-bond acceptors (Lipinski definition) is 5. The van der Waals surface area contributed by atoms with Crippen molar-refractivity contribution in [3.05, 3.63) is 83.3 Å². The van der Waals surface area contributed by atoms with E-state index in [4.69, 9.17) is 4.98 Å². The van der Waals surface area contributed by atoms with Crippen molar-refractivity contribution < 1.29 is 0 Å². The van der Waals surface area contributed by atoms with Gasteiger partial charge in [0.15, 0.2) is 0 Å². The van der Waals surface area contributed by atoms with Crippen LogP contribution in [0.3, 0.4) is 0 Å². The van der Waals surface area contributed by atoms with Crippen LogP contribution in [0.4, 0.5) is 17.2 Å². The number of nitrogens with zero attached hydrogens (tertiary/aromatic N) is 3. The third-order valence-corrected chi connectivity index (χ3v) is 5.82. The van der Waals surface area contributed by atoms with E-state index in [0.717, 1.165) is 48.5 Å². The first-order chi connectivity index (χ1) is 15.2. The van der Waals surface area contributed by atoms with E-state index in [9.17, 15) is 4.79 Å². The molecule has 1 fully saturated rings. The molecule has 2 aromatic heterocycles. The summed E-state index contributed by atoms with van der Waals surface area (Å²) in [6.45, 7) is 4.21. The van der Waals surface area contributed by atoms with Crippen molar-refractivity contribution in [2.75, 3.05) is 43.4 Å². The molecule has 0 spiro atoms. The van der Waals surface area contributed by atoms with Gasteiger partial charge in [-0.15, -0.1) is 0 Å². The van der Waals surface area contributed by atoms with Crippen LogP contribution in [-0.4, -0.2) is 48.1 Å². The van der Waals surface area contributed by atoms with Crippen molar-refractivity contribution in [3.63, 3.8) is 0 Å². The van der Waals surface area contributed by atoms with E-state index < -0.39 is 0 Å². The van der Waals surface area contributed by atoms with Gasteiger partial charge in [-0.3, -0.25) is 4.79 Å². The van der Waals surface area contributed by atoms with E-state index in [1.165, 1.54) is 5.69 Å². The number of nitrogens with one attached hydrogen (secondary N) is 2. The molecule has 3 heterocycles. The van der Waals surface area contributed by atoms with Gasteiger partial charge in [0.2, 0.25) is 0 Å². The first kappa shape index (κ1) is 19.3. The average Bonchev–Trinajstić information content (AvgIpc) is 2.81. The molecule has 0 saturated carbocycles. The molecule has 6 heteroatoms. The standard InChI is InChI=1S/C25H25N5O/c1-29-13-15-30(16-14-29)21-9-7-20(8-10-21)27-24-23-19(11-12-26-25(23)31)17-22(28-24)18-5-3-2-4-6-18/h2-12,17H,13-16H2,1H3,(H,26,31)(H,27,28). The predicted octanol–water partition coefficient (Wildman–Crippen LogP) is 4.09. The molecule has 1 saturated heterocycles. The van der Waals surface area contributed by atoms with E-state index in [2.05, 4.69) is 39.3 Å². The van der Waals surface area contributed by atoms with Gasteiger partial charge in [-0.05, 0) is 48.8 Å². The molecule has 2 aromatic carbocycles. The molecule has 0 unspecified atom stereocenters. The lowest BCUT2D eigenvalue weighted by Crippen LogP contribution is -2.44. The fourth-order valence-electron chi connectivity index (χ4n) is 4.02. The smallest absolute Gasteiger partial charge is 0.259 e. The minimum Gasteiger partial charge on any atom is -0.369 e. The zero-order chi connectivity index (χ0) is 21.2. The highest BCUT2D eigenvalue weighted by Gasteiger charge is 2.15. The lowest BCUT2D eigenvalue weighted by molar-refractivity contribution is 0.313. The second kappa shape index (κ2) is 8.24. The van der Waals surface area contributed by atoms with Gasteiger partial charge in [0, 0.05) is 49.3 Å². The second-order valence-corrected chi connectivity index (χ2v) is 7.96. The number of likely N-dealkylation sites (N-methyl/N-ethyl adjacent to an activating group) is 1. The maximum atomic E-state index is 12.6. The molecule has 1 aliphatic heterocycles. The zero-order valence-corrected chi connectivity index (χ0v) is 17.5. The Morgan fingerprint density at radius 1 is 0.935 bits per heavy atom. The molecule has 0 atom stereocenters. The SMILES string of the molecule is CN1CCN(c2ccc(Nc3nc(-c4ccccc4)cc4cc[nH]c(=O)c34)cc2)CC1. The Morgan fingerprint density at radius 3 is 2.42 bits per heavy atom. The van der Waals surface area contributed by atoms with Gasteiger partial charge in [-0.25, -0.2) is 4.98 Å². The van der Waals surface area contributed by atoms with E-state index >= 15 is 0 Å². The number of H-pyrrole nitrogens is 1. The number of hydrogen-bond donors (Lipinski definition) is 2. The Kier molecular flexibility index (Phi) is 5.14. The van der Waals surface area contributed by atoms with E-state index in [0.29, 0.717) is 11.2 Å². The average molecular weight is 412 g/mol. The van der Waals surface area contributed by atoms with Crippen LogP contribution < -0.4 is 15.8 Å². The number of aromatic nitrogens is 2. The summed E-state index contributed by atoms with van der Waals surface area (Å²) in [4.78, 5) is 24.9. The van der Waals surface area contributed by atoms with Gasteiger partial charge in [-0.2, -0.15) is 0 Å². The molecular formula is C25H25N5O. The Labute approximate surface area is 181 Å².